The summed E-state index contributed by atoms with van der Waals surface area (Å²) in [6, 6.07) is 12.2. The Morgan fingerprint density at radius 1 is 0.773 bits per heavy atom. The number of benzene rings is 4. The summed E-state index contributed by atoms with van der Waals surface area (Å²) in [6.07, 6.45) is -15.1. The van der Waals surface area contributed by atoms with E-state index in [-0.39, 0.29) is 22.9 Å². The molecule has 0 aliphatic rings. The molecule has 2 N–H and O–H groups in total. The van der Waals surface area contributed by atoms with Crippen molar-refractivity contribution >= 4 is 5.91 Å². The summed E-state index contributed by atoms with van der Waals surface area (Å²) in [5, 5.41) is 12.1. The van der Waals surface area contributed by atoms with Gasteiger partial charge in [-0.05, 0) is 71.3 Å². The predicted octanol–water partition coefficient (Wildman–Crippen LogP) is 7.98. The van der Waals surface area contributed by atoms with Gasteiger partial charge in [0, 0.05) is 18.1 Å². The maximum absolute atomic E-state index is 14.9. The largest absolute Gasteiger partial charge is 0.508 e. The van der Waals surface area contributed by atoms with Gasteiger partial charge >= 0.3 is 18.7 Å². The molecule has 14 heteroatoms. The van der Waals surface area contributed by atoms with Crippen molar-refractivity contribution in [3.8, 4) is 11.5 Å². The van der Waals surface area contributed by atoms with Crippen LogP contribution in [0.4, 0.5) is 43.9 Å². The van der Waals surface area contributed by atoms with Crippen molar-refractivity contribution in [2.24, 2.45) is 0 Å². The van der Waals surface area contributed by atoms with Gasteiger partial charge in [0.2, 0.25) is 0 Å². The van der Waals surface area contributed by atoms with Crippen molar-refractivity contribution in [3.63, 3.8) is 0 Å². The average Bonchev–Trinajstić information content (AvgIpc) is 2.93. The van der Waals surface area contributed by atoms with Crippen LogP contribution in [0.3, 0.4) is 0 Å². The molecule has 1 unspecified atom stereocenters. The van der Waals surface area contributed by atoms with Gasteiger partial charge < -0.3 is 15.2 Å². The molecule has 0 aliphatic heterocycles. The van der Waals surface area contributed by atoms with Crippen LogP contribution in [0.15, 0.2) is 84.9 Å². The van der Waals surface area contributed by atoms with E-state index in [9.17, 15) is 53.8 Å². The molecule has 1 atom stereocenters. The number of carbonyl (C=O) groups is 1. The zero-order chi connectivity index (χ0) is 32.4. The topological polar surface area (TPSA) is 58.6 Å². The molecule has 4 nitrogen and oxygen atoms in total. The molecule has 0 aromatic heterocycles. The molecule has 1 amide bonds. The molecule has 0 aliphatic carbocycles. The van der Waals surface area contributed by atoms with E-state index < -0.39 is 76.5 Å². The highest BCUT2D eigenvalue weighted by molar-refractivity contribution is 5.95. The number of phenols is 1. The van der Waals surface area contributed by atoms with Crippen molar-refractivity contribution < 1.29 is 58.5 Å². The summed E-state index contributed by atoms with van der Waals surface area (Å²) < 4.78 is 140. The number of phenolic OH excluding ortho intramolecular Hbond substituents is 1. The maximum Gasteiger partial charge on any atom is 0.461 e. The van der Waals surface area contributed by atoms with E-state index >= 15 is 0 Å². The zero-order valence-corrected chi connectivity index (χ0v) is 21.9. The smallest absolute Gasteiger partial charge is 0.461 e. The van der Waals surface area contributed by atoms with E-state index in [1.165, 1.54) is 24.3 Å². The summed E-state index contributed by atoms with van der Waals surface area (Å²) >= 11 is 0. The lowest BCUT2D eigenvalue weighted by molar-refractivity contribution is -0.253. The number of carbonyl (C=O) groups excluding carboxylic acids is 1. The highest BCUT2D eigenvalue weighted by Crippen LogP contribution is 2.39. The highest BCUT2D eigenvalue weighted by Gasteiger charge is 2.45. The predicted molar refractivity (Wildman–Crippen MR) is 136 cm³/mol. The molecule has 0 saturated heterocycles. The molecule has 0 saturated carbocycles. The normalized spacial score (nSPS) is 13.4. The fourth-order valence-corrected chi connectivity index (χ4v) is 4.43. The van der Waals surface area contributed by atoms with Crippen LogP contribution in [0.2, 0.25) is 0 Å². The molecule has 0 bridgehead atoms. The Labute approximate surface area is 242 Å². The SMILES string of the molecule is O=C(NC(Cc1ccc(O)cc1)(c1ccc(F)cc1)c1cc(F)cc(OC(F)(F)C(F)F)c1)c1ccc(F)c(C(F)(F)F)c1. The third-order valence-electron chi connectivity index (χ3n) is 6.48. The lowest BCUT2D eigenvalue weighted by Gasteiger charge is -2.37. The van der Waals surface area contributed by atoms with Crippen LogP contribution < -0.4 is 10.1 Å². The maximum atomic E-state index is 14.9. The first kappa shape index (κ1) is 32.2. The number of halogens is 10. The third-order valence-corrected chi connectivity index (χ3v) is 6.48. The summed E-state index contributed by atoms with van der Waals surface area (Å²) in [4.78, 5) is 13.5. The second-order valence-electron chi connectivity index (χ2n) is 9.54. The Morgan fingerprint density at radius 3 is 2.00 bits per heavy atom. The molecule has 0 spiro atoms. The number of hydrogen-bond acceptors (Lipinski definition) is 3. The van der Waals surface area contributed by atoms with Crippen molar-refractivity contribution in [2.75, 3.05) is 0 Å². The summed E-state index contributed by atoms with van der Waals surface area (Å²) in [5.74, 6) is -6.40. The van der Waals surface area contributed by atoms with Crippen molar-refractivity contribution in [3.05, 3.63) is 130 Å². The summed E-state index contributed by atoms with van der Waals surface area (Å²) in [6.45, 7) is 0. The van der Waals surface area contributed by atoms with Crippen LogP contribution in [0.1, 0.15) is 32.6 Å². The van der Waals surface area contributed by atoms with Crippen molar-refractivity contribution in [1.82, 2.24) is 5.32 Å². The van der Waals surface area contributed by atoms with Gasteiger partial charge in [-0.1, -0.05) is 24.3 Å². The Kier molecular flexibility index (Phi) is 8.84. The van der Waals surface area contributed by atoms with Crippen LogP contribution in [0, 0.1) is 17.5 Å². The number of rotatable bonds is 9. The van der Waals surface area contributed by atoms with Crippen molar-refractivity contribution in [1.29, 1.82) is 0 Å². The minimum atomic E-state index is -5.20. The molecular weight excluding hydrogens is 612 g/mol. The number of hydrogen-bond donors (Lipinski definition) is 2. The Balaban J connectivity index is 1.96. The van der Waals surface area contributed by atoms with Gasteiger partial charge in [-0.15, -0.1) is 0 Å². The van der Waals surface area contributed by atoms with Crippen molar-refractivity contribution in [2.45, 2.75) is 30.7 Å². The second-order valence-corrected chi connectivity index (χ2v) is 9.54. The molecule has 4 rings (SSSR count). The quantitative estimate of drug-likeness (QED) is 0.184. The first-order chi connectivity index (χ1) is 20.5. The van der Waals surface area contributed by atoms with Crippen LogP contribution >= 0.6 is 0 Å². The molecule has 232 valence electrons. The number of aromatic hydroxyl groups is 1. The lowest BCUT2D eigenvalue weighted by atomic mass is 9.77. The van der Waals surface area contributed by atoms with E-state index in [2.05, 4.69) is 10.1 Å². The molecule has 4 aromatic rings. The fraction of sp³-hybridized carbons (Fsp3) is 0.167. The number of amides is 1. The van der Waals surface area contributed by atoms with Gasteiger partial charge in [0.15, 0.2) is 0 Å². The molecule has 4 aromatic carbocycles. The monoisotopic (exact) mass is 631 g/mol. The van der Waals surface area contributed by atoms with Crippen LogP contribution in [0.5, 0.6) is 11.5 Å². The van der Waals surface area contributed by atoms with E-state index in [4.69, 9.17) is 0 Å². The molecule has 0 fully saturated rings. The lowest BCUT2D eigenvalue weighted by Crippen LogP contribution is -2.48. The van der Waals surface area contributed by atoms with Gasteiger partial charge in [0.1, 0.15) is 29.0 Å². The minimum Gasteiger partial charge on any atom is -0.508 e. The highest BCUT2D eigenvalue weighted by atomic mass is 19.4. The first-order valence-corrected chi connectivity index (χ1v) is 12.4. The third kappa shape index (κ3) is 7.06. The summed E-state index contributed by atoms with van der Waals surface area (Å²) in [7, 11) is 0. The zero-order valence-electron chi connectivity index (χ0n) is 21.9. The van der Waals surface area contributed by atoms with Crippen LogP contribution in [0.25, 0.3) is 0 Å². The molecule has 44 heavy (non-hydrogen) atoms. The molecule has 0 heterocycles. The van der Waals surface area contributed by atoms with E-state index in [1.807, 2.05) is 0 Å². The second kappa shape index (κ2) is 12.1. The minimum absolute atomic E-state index is 0.0735. The Hall–Kier alpha value is -4.75. The van der Waals surface area contributed by atoms with Gasteiger partial charge in [0.25, 0.3) is 5.91 Å². The van der Waals surface area contributed by atoms with Crippen LogP contribution in [-0.4, -0.2) is 23.5 Å². The van der Waals surface area contributed by atoms with Gasteiger partial charge in [-0.3, -0.25) is 4.79 Å². The fourth-order valence-electron chi connectivity index (χ4n) is 4.43. The van der Waals surface area contributed by atoms with E-state index in [0.717, 1.165) is 30.3 Å². The standard InChI is InChI=1S/C30H19F10NO3/c31-20-6-4-18(5-7-20)28(15-16-1-8-22(42)9-2-16,19-12-21(32)14-23(13-19)44-30(39,40)27(34)35)41-26(43)17-3-10-25(33)24(11-17)29(36,37)38/h1-14,27,42H,15H2,(H,41,43). The summed E-state index contributed by atoms with van der Waals surface area (Å²) in [5.41, 5.74) is -4.93. The Morgan fingerprint density at radius 2 is 1.41 bits per heavy atom. The van der Waals surface area contributed by atoms with Gasteiger partial charge in [-0.25, -0.2) is 13.2 Å². The van der Waals surface area contributed by atoms with Crippen LogP contribution in [-0.2, 0) is 18.1 Å². The van der Waals surface area contributed by atoms with Gasteiger partial charge in [-0.2, -0.15) is 30.7 Å². The molecular formula is C30H19F10NO3. The van der Waals surface area contributed by atoms with Gasteiger partial charge in [0.05, 0.1) is 11.1 Å². The van der Waals surface area contributed by atoms with E-state index in [0.29, 0.717) is 24.3 Å². The number of nitrogens with one attached hydrogen (secondary N) is 1. The Bertz CT molecular complexity index is 1640. The molecule has 0 radical (unpaired) electrons. The first-order valence-electron chi connectivity index (χ1n) is 12.4. The number of alkyl halides is 7. The van der Waals surface area contributed by atoms with E-state index in [1.54, 1.807) is 0 Å². The average molecular weight is 631 g/mol. The number of ether oxygens (including phenoxy) is 1.